The number of benzene rings is 2. The number of nitrogens with one attached hydrogen (secondary N) is 1. The van der Waals surface area contributed by atoms with E-state index in [2.05, 4.69) is 36.5 Å². The number of rotatable bonds is 8. The Bertz CT molecular complexity index is 1330. The highest BCUT2D eigenvalue weighted by Gasteiger charge is 2.44. The Balaban J connectivity index is 1.37. The number of hydrogen-bond acceptors (Lipinski definition) is 7. The zero-order chi connectivity index (χ0) is 26.2. The molecule has 8 heteroatoms. The Labute approximate surface area is 216 Å². The number of methoxy groups -OCH3 is 1. The van der Waals surface area contributed by atoms with E-state index >= 15 is 0 Å². The van der Waals surface area contributed by atoms with Gasteiger partial charge >= 0.3 is 6.09 Å². The monoisotopic (exact) mass is 501 g/mol. The van der Waals surface area contributed by atoms with Gasteiger partial charge in [-0.2, -0.15) is 5.10 Å². The third-order valence-electron chi connectivity index (χ3n) is 6.98. The van der Waals surface area contributed by atoms with Crippen molar-refractivity contribution in [3.63, 3.8) is 0 Å². The van der Waals surface area contributed by atoms with Gasteiger partial charge in [0.05, 0.1) is 18.9 Å². The van der Waals surface area contributed by atoms with Gasteiger partial charge in [-0.25, -0.2) is 4.79 Å². The lowest BCUT2D eigenvalue weighted by molar-refractivity contribution is -0.129. The first-order chi connectivity index (χ1) is 17.8. The molecule has 3 aliphatic rings. The van der Waals surface area contributed by atoms with Gasteiger partial charge in [0, 0.05) is 19.4 Å². The van der Waals surface area contributed by atoms with Crippen molar-refractivity contribution in [3.05, 3.63) is 83.1 Å². The molecule has 0 radical (unpaired) electrons. The molecule has 0 saturated carbocycles. The summed E-state index contributed by atoms with van der Waals surface area (Å²) >= 11 is 0. The second kappa shape index (κ2) is 9.76. The maximum absolute atomic E-state index is 12.2. The zero-order valence-electron chi connectivity index (χ0n) is 21.5. The molecule has 1 fully saturated rings. The molecule has 3 atom stereocenters. The van der Waals surface area contributed by atoms with Crippen molar-refractivity contribution < 1.29 is 23.8 Å². The minimum atomic E-state index is -1.23. The van der Waals surface area contributed by atoms with E-state index < -0.39 is 17.6 Å². The van der Waals surface area contributed by atoms with Crippen molar-refractivity contribution in [2.45, 2.75) is 44.8 Å². The molecule has 2 aliphatic heterocycles. The van der Waals surface area contributed by atoms with Gasteiger partial charge in [0.25, 0.3) is 5.91 Å². The van der Waals surface area contributed by atoms with E-state index in [4.69, 9.17) is 19.3 Å². The Morgan fingerprint density at radius 2 is 2.03 bits per heavy atom. The first-order valence-corrected chi connectivity index (χ1v) is 12.5. The number of hydrogen-bond donors (Lipinski definition) is 1. The Morgan fingerprint density at radius 1 is 1.19 bits per heavy atom. The van der Waals surface area contributed by atoms with E-state index in [9.17, 15) is 9.59 Å². The number of alkyl carbamates (subject to hydrolysis) is 1. The molecule has 5 rings (SSSR count). The Morgan fingerprint density at radius 3 is 2.76 bits per heavy atom. The molecule has 0 aromatic heterocycles. The predicted octanol–water partition coefficient (Wildman–Crippen LogP) is 4.73. The predicted molar refractivity (Wildman–Crippen MR) is 139 cm³/mol. The van der Waals surface area contributed by atoms with Gasteiger partial charge in [-0.05, 0) is 72.5 Å². The Hall–Kier alpha value is -4.07. The molecular weight excluding hydrogens is 470 g/mol. The molecule has 2 amide bonds. The molecule has 192 valence electrons. The highest BCUT2D eigenvalue weighted by molar-refractivity contribution is 6.05. The van der Waals surface area contributed by atoms with E-state index in [1.54, 1.807) is 14.0 Å². The van der Waals surface area contributed by atoms with E-state index in [1.165, 1.54) is 0 Å². The topological polar surface area (TPSA) is 89.5 Å². The van der Waals surface area contributed by atoms with Crippen LogP contribution >= 0.6 is 0 Å². The first kappa shape index (κ1) is 24.6. The molecule has 0 spiro atoms. The van der Waals surface area contributed by atoms with Crippen molar-refractivity contribution in [2.75, 3.05) is 14.2 Å². The summed E-state index contributed by atoms with van der Waals surface area (Å²) in [5, 5.41) is 9.04. The molecule has 8 nitrogen and oxygen atoms in total. The molecule has 1 aliphatic carbocycles. The summed E-state index contributed by atoms with van der Waals surface area (Å²) in [6.07, 6.45) is 7.63. The number of carbonyl (C=O) groups is 2. The van der Waals surface area contributed by atoms with E-state index in [-0.39, 0.29) is 18.4 Å². The lowest BCUT2D eigenvalue weighted by Crippen LogP contribution is -2.38. The summed E-state index contributed by atoms with van der Waals surface area (Å²) in [5.41, 5.74) is 2.80. The third-order valence-corrected chi connectivity index (χ3v) is 6.98. The van der Waals surface area contributed by atoms with Crippen molar-refractivity contribution in [2.24, 2.45) is 11.0 Å². The molecule has 1 N–H and O–H groups in total. The van der Waals surface area contributed by atoms with Gasteiger partial charge in [-0.15, -0.1) is 0 Å². The largest absolute Gasteiger partial charge is 0.497 e. The maximum atomic E-state index is 12.2. The number of imide groups is 1. The average molecular weight is 502 g/mol. The number of nitrogens with zero attached hydrogens (tertiary/aromatic N) is 2. The molecule has 2 aromatic rings. The minimum absolute atomic E-state index is 0.131. The molecular formula is C29H31N3O5. The average Bonchev–Trinajstić information content (AvgIpc) is 3.34. The van der Waals surface area contributed by atoms with E-state index in [1.807, 2.05) is 48.5 Å². The highest BCUT2D eigenvalue weighted by Crippen LogP contribution is 2.34. The minimum Gasteiger partial charge on any atom is -0.497 e. The number of carbonyl (C=O) groups excluding carboxylic acids is 2. The second-order valence-corrected chi connectivity index (χ2v) is 9.78. The quantitative estimate of drug-likeness (QED) is 0.562. The van der Waals surface area contributed by atoms with Crippen LogP contribution in [0.5, 0.6) is 11.5 Å². The van der Waals surface area contributed by atoms with Crippen LogP contribution in [0, 0.1) is 5.92 Å². The number of amides is 2. The van der Waals surface area contributed by atoms with Crippen LogP contribution in [-0.4, -0.2) is 48.5 Å². The van der Waals surface area contributed by atoms with Gasteiger partial charge in [-0.3, -0.25) is 15.1 Å². The lowest BCUT2D eigenvalue weighted by Gasteiger charge is -2.24. The fourth-order valence-corrected chi connectivity index (χ4v) is 5.08. The number of cyclic esters (lactones) is 1. The van der Waals surface area contributed by atoms with Crippen LogP contribution in [0.15, 0.2) is 71.6 Å². The smallest absolute Gasteiger partial charge is 0.415 e. The summed E-state index contributed by atoms with van der Waals surface area (Å²) in [5.74, 6) is 2.01. The number of likely N-dealkylation sites (N-methyl/N-ethyl adjacent to an activating group) is 1. The molecule has 2 unspecified atom stereocenters. The van der Waals surface area contributed by atoms with Crippen LogP contribution in [0.25, 0.3) is 0 Å². The molecule has 1 saturated heterocycles. The fourth-order valence-electron chi connectivity index (χ4n) is 5.08. The summed E-state index contributed by atoms with van der Waals surface area (Å²) in [7, 11) is 3.67. The first-order valence-electron chi connectivity index (χ1n) is 12.5. The van der Waals surface area contributed by atoms with Crippen LogP contribution in [0.3, 0.4) is 0 Å². The number of fused-ring (bicyclic) bond motifs is 1. The molecule has 2 heterocycles. The van der Waals surface area contributed by atoms with Crippen LogP contribution in [0.1, 0.15) is 37.0 Å². The number of hydrazone groups is 1. The van der Waals surface area contributed by atoms with Crippen molar-refractivity contribution in [1.82, 2.24) is 10.3 Å². The second-order valence-electron chi connectivity index (χ2n) is 9.78. The van der Waals surface area contributed by atoms with Crippen molar-refractivity contribution >= 4 is 17.7 Å². The molecule has 2 aromatic carbocycles. The molecule has 0 bridgehead atoms. The van der Waals surface area contributed by atoms with Crippen LogP contribution < -0.4 is 10.1 Å². The van der Waals surface area contributed by atoms with Gasteiger partial charge < -0.3 is 14.2 Å². The van der Waals surface area contributed by atoms with Gasteiger partial charge in [0.1, 0.15) is 17.3 Å². The molecule has 37 heavy (non-hydrogen) atoms. The third kappa shape index (κ3) is 4.83. The van der Waals surface area contributed by atoms with Crippen molar-refractivity contribution in [3.8, 4) is 11.5 Å². The Kier molecular flexibility index (Phi) is 6.50. The van der Waals surface area contributed by atoms with Gasteiger partial charge in [0.15, 0.2) is 5.60 Å². The van der Waals surface area contributed by atoms with Crippen molar-refractivity contribution in [1.29, 1.82) is 0 Å². The van der Waals surface area contributed by atoms with E-state index in [0.29, 0.717) is 5.75 Å². The van der Waals surface area contributed by atoms with Crippen LogP contribution in [-0.2, 0) is 27.1 Å². The summed E-state index contributed by atoms with van der Waals surface area (Å²) in [4.78, 5) is 23.7. The highest BCUT2D eigenvalue weighted by atomic mass is 16.6. The summed E-state index contributed by atoms with van der Waals surface area (Å²) < 4.78 is 17.0. The van der Waals surface area contributed by atoms with Gasteiger partial charge in [-0.1, -0.05) is 31.6 Å². The van der Waals surface area contributed by atoms with Crippen LogP contribution in [0.4, 0.5) is 4.79 Å². The maximum Gasteiger partial charge on any atom is 0.415 e. The number of allylic oxidation sites excluding steroid dienone is 1. The van der Waals surface area contributed by atoms with Gasteiger partial charge in [0.2, 0.25) is 0 Å². The lowest BCUT2D eigenvalue weighted by atomic mass is 9.87. The fraction of sp³-hybridized carbons (Fsp3) is 0.345. The number of aryl methyl sites for hydroxylation is 1. The SMILES string of the molecule is CCCc1cc(C2=NN(C)C3C=C(OC)C=CC23)ccc1Oc1cccc(C[C@@]2(C)OC(=O)NC2=O)c1. The standard InChI is InChI=1S/C29H31N3O5/c1-5-7-19-15-20(26-23-12-11-21(35-4)16-24(23)32(3)31-26)10-13-25(19)36-22-9-6-8-18(14-22)17-29(2)27(33)30-28(34)37-29/h6,8-16,23-24H,5,7,17H2,1-4H3,(H,30,33,34)/t23?,24?,29-/m1/s1. The normalized spacial score (nSPS) is 24.3. The van der Waals surface area contributed by atoms with E-state index in [0.717, 1.165) is 46.8 Å². The zero-order valence-corrected chi connectivity index (χ0v) is 21.5. The van der Waals surface area contributed by atoms with Crippen LogP contribution in [0.2, 0.25) is 0 Å². The summed E-state index contributed by atoms with van der Waals surface area (Å²) in [6, 6.07) is 13.9. The summed E-state index contributed by atoms with van der Waals surface area (Å²) in [6.45, 7) is 3.75. The number of ether oxygens (including phenoxy) is 3.